The van der Waals surface area contributed by atoms with E-state index in [0.717, 1.165) is 0 Å². The van der Waals surface area contributed by atoms with Crippen LogP contribution in [-0.4, -0.2) is 71.2 Å². The Labute approximate surface area is 206 Å². The summed E-state index contributed by atoms with van der Waals surface area (Å²) in [6.07, 6.45) is 1.70. The van der Waals surface area contributed by atoms with E-state index < -0.39 is 47.9 Å². The van der Waals surface area contributed by atoms with Crippen LogP contribution in [-0.2, 0) is 19.2 Å². The molecule has 0 fully saturated rings. The summed E-state index contributed by atoms with van der Waals surface area (Å²) in [4.78, 5) is 53.6. The van der Waals surface area contributed by atoms with Crippen LogP contribution < -0.4 is 33.2 Å². The van der Waals surface area contributed by atoms with Crippen molar-refractivity contribution in [3.05, 3.63) is 0 Å². The van der Waals surface area contributed by atoms with Crippen LogP contribution in [0.1, 0.15) is 53.4 Å². The molecule has 13 heteroatoms. The second-order valence-electron chi connectivity index (χ2n) is 8.38. The van der Waals surface area contributed by atoms with E-state index >= 15 is 0 Å². The van der Waals surface area contributed by atoms with Crippen molar-refractivity contribution in [3.63, 3.8) is 0 Å². The topological polar surface area (TPSA) is 215 Å². The molecule has 0 aromatic carbocycles. The number of nitrogens with one attached hydrogen (secondary N) is 3. The molecule has 0 saturated heterocycles. The first-order valence-electron chi connectivity index (χ1n) is 11.4. The highest BCUT2D eigenvalue weighted by atomic mass is 32.1. The molecule has 0 saturated carbocycles. The van der Waals surface area contributed by atoms with Gasteiger partial charge in [-0.3, -0.25) is 19.4 Å². The SMILES string of the molecule is CCC(C)C(N)C(=O)NC(CS)C(=O)NC(CCCN=C(N)N)C(=O)NC(C(=O)O)C(C)CC. The molecule has 196 valence electrons. The number of guanidine groups is 1. The van der Waals surface area contributed by atoms with Gasteiger partial charge in [-0.1, -0.05) is 40.5 Å². The summed E-state index contributed by atoms with van der Waals surface area (Å²) >= 11 is 4.14. The van der Waals surface area contributed by atoms with Gasteiger partial charge in [0, 0.05) is 12.3 Å². The van der Waals surface area contributed by atoms with Gasteiger partial charge in [0.05, 0.1) is 6.04 Å². The Morgan fingerprint density at radius 2 is 1.44 bits per heavy atom. The molecule has 0 heterocycles. The molecule has 0 aromatic heterocycles. The van der Waals surface area contributed by atoms with Crippen LogP contribution in [0.2, 0.25) is 0 Å². The van der Waals surface area contributed by atoms with Crippen molar-refractivity contribution in [2.45, 2.75) is 77.5 Å². The molecule has 0 spiro atoms. The lowest BCUT2D eigenvalue weighted by molar-refractivity contribution is -0.143. The van der Waals surface area contributed by atoms with Gasteiger partial charge < -0.3 is 38.3 Å². The predicted octanol–water partition coefficient (Wildman–Crippen LogP) is -1.07. The Bertz CT molecular complexity index is 718. The van der Waals surface area contributed by atoms with Crippen molar-refractivity contribution in [2.75, 3.05) is 12.3 Å². The fraction of sp³-hybridized carbons (Fsp3) is 0.762. The number of carboxylic acid groups (broad SMARTS) is 1. The number of nitrogens with zero attached hydrogens (tertiary/aromatic N) is 1. The molecule has 0 radical (unpaired) electrons. The zero-order valence-electron chi connectivity index (χ0n) is 20.4. The molecule has 0 aliphatic heterocycles. The summed E-state index contributed by atoms with van der Waals surface area (Å²) in [5.41, 5.74) is 16.6. The Hall–Kier alpha value is -2.54. The zero-order chi connectivity index (χ0) is 26.4. The molecule has 0 aliphatic carbocycles. The number of carbonyl (C=O) groups excluding carboxylic acids is 3. The monoisotopic (exact) mass is 503 g/mol. The van der Waals surface area contributed by atoms with Crippen molar-refractivity contribution >= 4 is 42.3 Å². The number of amides is 3. The van der Waals surface area contributed by atoms with Crippen LogP contribution in [0, 0.1) is 11.8 Å². The second-order valence-corrected chi connectivity index (χ2v) is 8.74. The highest BCUT2D eigenvalue weighted by Crippen LogP contribution is 2.10. The van der Waals surface area contributed by atoms with E-state index in [2.05, 4.69) is 33.6 Å². The minimum Gasteiger partial charge on any atom is -0.480 e. The van der Waals surface area contributed by atoms with Gasteiger partial charge in [0.2, 0.25) is 17.7 Å². The number of carbonyl (C=O) groups is 4. The smallest absolute Gasteiger partial charge is 0.326 e. The molecule has 0 bridgehead atoms. The van der Waals surface area contributed by atoms with Crippen molar-refractivity contribution < 1.29 is 24.3 Å². The molecular formula is C21H41N7O5S. The van der Waals surface area contributed by atoms with Crippen LogP contribution in [0.15, 0.2) is 4.99 Å². The maximum absolute atomic E-state index is 12.9. The molecule has 6 atom stereocenters. The summed E-state index contributed by atoms with van der Waals surface area (Å²) in [6.45, 7) is 7.46. The maximum atomic E-state index is 12.9. The first kappa shape index (κ1) is 31.5. The normalized spacial score (nSPS) is 16.2. The molecule has 6 unspecified atom stereocenters. The van der Waals surface area contributed by atoms with Gasteiger partial charge >= 0.3 is 5.97 Å². The van der Waals surface area contributed by atoms with Gasteiger partial charge in [0.1, 0.15) is 18.1 Å². The minimum atomic E-state index is -1.17. The van der Waals surface area contributed by atoms with Gasteiger partial charge in [-0.05, 0) is 24.7 Å². The van der Waals surface area contributed by atoms with Crippen LogP contribution in [0.3, 0.4) is 0 Å². The first-order valence-corrected chi connectivity index (χ1v) is 12.1. The average molecular weight is 504 g/mol. The van der Waals surface area contributed by atoms with Crippen LogP contribution in [0.4, 0.5) is 0 Å². The number of thiol groups is 1. The summed E-state index contributed by atoms with van der Waals surface area (Å²) in [5, 5.41) is 17.1. The molecule has 12 nitrogen and oxygen atoms in total. The number of hydrogen-bond acceptors (Lipinski definition) is 7. The van der Waals surface area contributed by atoms with Crippen LogP contribution in [0.5, 0.6) is 0 Å². The summed E-state index contributed by atoms with van der Waals surface area (Å²) < 4.78 is 0. The lowest BCUT2D eigenvalue weighted by Gasteiger charge is -2.26. The molecule has 3 amide bonds. The molecule has 34 heavy (non-hydrogen) atoms. The largest absolute Gasteiger partial charge is 0.480 e. The average Bonchev–Trinajstić information content (AvgIpc) is 2.80. The summed E-state index contributed by atoms with van der Waals surface area (Å²) in [7, 11) is 0. The third kappa shape index (κ3) is 11.1. The lowest BCUT2D eigenvalue weighted by Crippen LogP contribution is -2.58. The fourth-order valence-corrected chi connectivity index (χ4v) is 3.21. The van der Waals surface area contributed by atoms with Crippen molar-refractivity contribution in [1.82, 2.24) is 16.0 Å². The highest BCUT2D eigenvalue weighted by molar-refractivity contribution is 7.80. The zero-order valence-corrected chi connectivity index (χ0v) is 21.3. The van der Waals surface area contributed by atoms with Gasteiger partial charge in [-0.2, -0.15) is 12.6 Å². The third-order valence-electron chi connectivity index (χ3n) is 5.73. The maximum Gasteiger partial charge on any atom is 0.326 e. The second kappa shape index (κ2) is 16.1. The van der Waals surface area contributed by atoms with Crippen molar-refractivity contribution in [2.24, 2.45) is 34.0 Å². The minimum absolute atomic E-state index is 0.0300. The number of carboxylic acids is 1. The van der Waals surface area contributed by atoms with E-state index in [9.17, 15) is 24.3 Å². The molecular weight excluding hydrogens is 462 g/mol. The van der Waals surface area contributed by atoms with E-state index in [1.165, 1.54) is 0 Å². The van der Waals surface area contributed by atoms with Gasteiger partial charge in [0.15, 0.2) is 5.96 Å². The highest BCUT2D eigenvalue weighted by Gasteiger charge is 2.31. The Morgan fingerprint density at radius 1 is 0.912 bits per heavy atom. The van der Waals surface area contributed by atoms with Crippen molar-refractivity contribution in [1.29, 1.82) is 0 Å². The number of aliphatic imine (C=N–C) groups is 1. The Kier molecular flexibility index (Phi) is 14.9. The molecule has 0 aliphatic rings. The number of aliphatic carboxylic acids is 1. The molecule has 0 rings (SSSR count). The number of hydrogen-bond donors (Lipinski definition) is 8. The standard InChI is InChI=1S/C21H41N7O5S/c1-5-11(3)15(22)19(31)27-14(10-34)18(30)26-13(8-7-9-25-21(23)24)17(29)28-16(20(32)33)12(4)6-2/h11-16,34H,5-10,22H2,1-4H3,(H,26,30)(H,27,31)(H,28,29)(H,32,33)(H4,23,24,25). The van der Waals surface area contributed by atoms with E-state index in [0.29, 0.717) is 19.3 Å². The first-order chi connectivity index (χ1) is 15.9. The fourth-order valence-electron chi connectivity index (χ4n) is 2.96. The van der Waals surface area contributed by atoms with Gasteiger partial charge in [-0.25, -0.2) is 4.79 Å². The molecule has 0 aromatic rings. The van der Waals surface area contributed by atoms with Crippen LogP contribution in [0.25, 0.3) is 0 Å². The number of nitrogens with two attached hydrogens (primary N) is 3. The van der Waals surface area contributed by atoms with E-state index in [4.69, 9.17) is 17.2 Å². The lowest BCUT2D eigenvalue weighted by atomic mass is 9.98. The number of rotatable bonds is 16. The Morgan fingerprint density at radius 3 is 1.91 bits per heavy atom. The predicted molar refractivity (Wildman–Crippen MR) is 134 cm³/mol. The molecule has 10 N–H and O–H groups in total. The van der Waals surface area contributed by atoms with Gasteiger partial charge in [-0.15, -0.1) is 0 Å². The summed E-state index contributed by atoms with van der Waals surface area (Å²) in [6, 6.07) is -4.03. The quantitative estimate of drug-likeness (QED) is 0.0560. The van der Waals surface area contributed by atoms with Gasteiger partial charge in [0.25, 0.3) is 0 Å². The van der Waals surface area contributed by atoms with E-state index in [-0.39, 0.29) is 36.5 Å². The summed E-state index contributed by atoms with van der Waals surface area (Å²) in [5.74, 6) is -3.53. The third-order valence-corrected chi connectivity index (χ3v) is 6.10. The Balaban J connectivity index is 5.48. The van der Waals surface area contributed by atoms with E-state index in [1.54, 1.807) is 6.92 Å². The van der Waals surface area contributed by atoms with E-state index in [1.807, 2.05) is 20.8 Å². The van der Waals surface area contributed by atoms with Crippen LogP contribution >= 0.6 is 12.6 Å². The van der Waals surface area contributed by atoms with Crippen molar-refractivity contribution in [3.8, 4) is 0 Å².